The molecule has 0 aliphatic rings. The molecule has 1 N–H and O–H groups in total. The van der Waals surface area contributed by atoms with Crippen molar-refractivity contribution in [3.8, 4) is 0 Å². The first kappa shape index (κ1) is 10.1. The largest absolute Gasteiger partial charge is 0.379 e. The van der Waals surface area contributed by atoms with E-state index in [1.807, 2.05) is 32.2 Å². The Kier molecular flexibility index (Phi) is 2.97. The number of thiazole rings is 1. The molecule has 2 aromatic heterocycles. The van der Waals surface area contributed by atoms with Gasteiger partial charge in [-0.2, -0.15) is 0 Å². The highest BCUT2D eigenvalue weighted by atomic mass is 32.1. The normalized spacial score (nSPS) is 10.3. The van der Waals surface area contributed by atoms with Crippen molar-refractivity contribution in [1.82, 2.24) is 9.97 Å². The van der Waals surface area contributed by atoms with E-state index in [0.29, 0.717) is 0 Å². The third kappa shape index (κ3) is 2.53. The quantitative estimate of drug-likeness (QED) is 0.862. The maximum absolute atomic E-state index is 4.39. The lowest BCUT2D eigenvalue weighted by Crippen LogP contribution is -1.98. The Morgan fingerprint density at radius 1 is 1.40 bits per heavy atom. The fraction of sp³-hybridized carbons (Fsp3) is 0.273. The monoisotopic (exact) mass is 219 g/mol. The van der Waals surface area contributed by atoms with Gasteiger partial charge in [-0.15, -0.1) is 11.3 Å². The highest BCUT2D eigenvalue weighted by Crippen LogP contribution is 2.18. The van der Waals surface area contributed by atoms with Crippen LogP contribution >= 0.6 is 11.3 Å². The molecule has 0 aliphatic heterocycles. The van der Waals surface area contributed by atoms with Gasteiger partial charge in [-0.3, -0.25) is 4.98 Å². The van der Waals surface area contributed by atoms with E-state index in [9.17, 15) is 0 Å². The van der Waals surface area contributed by atoms with Crippen LogP contribution in [0.3, 0.4) is 0 Å². The van der Waals surface area contributed by atoms with Gasteiger partial charge >= 0.3 is 0 Å². The Morgan fingerprint density at radius 2 is 2.27 bits per heavy atom. The third-order valence-corrected chi connectivity index (χ3v) is 3.19. The maximum Gasteiger partial charge on any atom is 0.0900 e. The standard InChI is InChI=1S/C11H13N3S/c1-8-11(15-9(2)14-8)7-13-10-4-3-5-12-6-10/h3-6,13H,7H2,1-2H3. The molecule has 4 heteroatoms. The van der Waals surface area contributed by atoms with E-state index in [4.69, 9.17) is 0 Å². The van der Waals surface area contributed by atoms with Crippen LogP contribution in [0.15, 0.2) is 24.5 Å². The Balaban J connectivity index is 2.02. The van der Waals surface area contributed by atoms with Crippen LogP contribution < -0.4 is 5.32 Å². The molecule has 0 spiro atoms. The molecule has 0 radical (unpaired) electrons. The molecular weight excluding hydrogens is 206 g/mol. The van der Waals surface area contributed by atoms with Crippen molar-refractivity contribution in [3.05, 3.63) is 40.1 Å². The van der Waals surface area contributed by atoms with E-state index >= 15 is 0 Å². The first-order valence-electron chi connectivity index (χ1n) is 4.82. The summed E-state index contributed by atoms with van der Waals surface area (Å²) >= 11 is 1.74. The molecule has 0 saturated carbocycles. The summed E-state index contributed by atoms with van der Waals surface area (Å²) in [5.41, 5.74) is 2.16. The zero-order valence-electron chi connectivity index (χ0n) is 8.82. The van der Waals surface area contributed by atoms with Gasteiger partial charge in [0.05, 0.1) is 22.9 Å². The van der Waals surface area contributed by atoms with Gasteiger partial charge in [-0.25, -0.2) is 4.98 Å². The predicted molar refractivity (Wildman–Crippen MR) is 63.2 cm³/mol. The summed E-state index contributed by atoms with van der Waals surface area (Å²) in [7, 11) is 0. The number of anilines is 1. The van der Waals surface area contributed by atoms with Crippen molar-refractivity contribution in [3.63, 3.8) is 0 Å². The van der Waals surface area contributed by atoms with Crippen LogP contribution in [0.5, 0.6) is 0 Å². The summed E-state index contributed by atoms with van der Waals surface area (Å²) in [5.74, 6) is 0. The first-order valence-corrected chi connectivity index (χ1v) is 5.64. The van der Waals surface area contributed by atoms with Crippen LogP contribution in [0.1, 0.15) is 15.6 Å². The molecule has 0 fully saturated rings. The van der Waals surface area contributed by atoms with Crippen molar-refractivity contribution in [2.75, 3.05) is 5.32 Å². The molecule has 78 valence electrons. The molecule has 2 heterocycles. The summed E-state index contributed by atoms with van der Waals surface area (Å²) in [6.45, 7) is 4.90. The van der Waals surface area contributed by atoms with E-state index in [1.165, 1.54) is 4.88 Å². The number of pyridine rings is 1. The fourth-order valence-corrected chi connectivity index (χ4v) is 2.26. The highest BCUT2D eigenvalue weighted by Gasteiger charge is 2.03. The molecule has 0 saturated heterocycles. The van der Waals surface area contributed by atoms with Crippen LogP contribution in [-0.2, 0) is 6.54 Å². The summed E-state index contributed by atoms with van der Waals surface area (Å²) < 4.78 is 0. The molecule has 0 amide bonds. The highest BCUT2D eigenvalue weighted by molar-refractivity contribution is 7.11. The van der Waals surface area contributed by atoms with Gasteiger partial charge in [0.15, 0.2) is 0 Å². The lowest BCUT2D eigenvalue weighted by molar-refractivity contribution is 1.10. The van der Waals surface area contributed by atoms with E-state index in [-0.39, 0.29) is 0 Å². The Bertz CT molecular complexity index is 436. The smallest absolute Gasteiger partial charge is 0.0900 e. The van der Waals surface area contributed by atoms with Gasteiger partial charge in [0.25, 0.3) is 0 Å². The van der Waals surface area contributed by atoms with Gasteiger partial charge < -0.3 is 5.32 Å². The molecule has 2 rings (SSSR count). The Hall–Kier alpha value is -1.42. The van der Waals surface area contributed by atoms with Gasteiger partial charge in [0.2, 0.25) is 0 Å². The minimum atomic E-state index is 0.822. The van der Waals surface area contributed by atoms with Gasteiger partial charge in [-0.05, 0) is 26.0 Å². The minimum absolute atomic E-state index is 0.822. The molecule has 0 unspecified atom stereocenters. The summed E-state index contributed by atoms with van der Waals surface area (Å²) in [6.07, 6.45) is 3.59. The molecule has 0 aliphatic carbocycles. The second-order valence-corrected chi connectivity index (χ2v) is 4.62. The zero-order chi connectivity index (χ0) is 10.7. The third-order valence-electron chi connectivity index (χ3n) is 2.11. The van der Waals surface area contributed by atoms with E-state index in [1.54, 1.807) is 17.5 Å². The van der Waals surface area contributed by atoms with Crippen molar-refractivity contribution in [1.29, 1.82) is 0 Å². The number of hydrogen-bond donors (Lipinski definition) is 1. The molecular formula is C11H13N3S. The van der Waals surface area contributed by atoms with Crippen LogP contribution in [-0.4, -0.2) is 9.97 Å². The average Bonchev–Trinajstić information content (AvgIpc) is 2.56. The molecule has 0 bridgehead atoms. The second-order valence-electron chi connectivity index (χ2n) is 3.34. The number of aryl methyl sites for hydroxylation is 2. The molecule has 15 heavy (non-hydrogen) atoms. The molecule has 0 aromatic carbocycles. The summed E-state index contributed by atoms with van der Waals surface area (Å²) in [6, 6.07) is 3.93. The van der Waals surface area contributed by atoms with E-state index < -0.39 is 0 Å². The molecule has 0 atom stereocenters. The van der Waals surface area contributed by atoms with Crippen molar-refractivity contribution < 1.29 is 0 Å². The molecule has 2 aromatic rings. The Labute approximate surface area is 93.2 Å². The van der Waals surface area contributed by atoms with E-state index in [0.717, 1.165) is 22.9 Å². The average molecular weight is 219 g/mol. The van der Waals surface area contributed by atoms with Crippen LogP contribution in [0.2, 0.25) is 0 Å². The summed E-state index contributed by atoms with van der Waals surface area (Å²) in [4.78, 5) is 9.72. The van der Waals surface area contributed by atoms with Crippen LogP contribution in [0.25, 0.3) is 0 Å². The number of rotatable bonds is 3. The predicted octanol–water partition coefficient (Wildman–Crippen LogP) is 2.77. The first-order chi connectivity index (χ1) is 7.25. The van der Waals surface area contributed by atoms with Gasteiger partial charge in [0, 0.05) is 17.3 Å². The van der Waals surface area contributed by atoms with Crippen LogP contribution in [0, 0.1) is 13.8 Å². The lowest BCUT2D eigenvalue weighted by atomic mass is 10.3. The van der Waals surface area contributed by atoms with Gasteiger partial charge in [0.1, 0.15) is 0 Å². The number of hydrogen-bond acceptors (Lipinski definition) is 4. The zero-order valence-corrected chi connectivity index (χ0v) is 9.64. The van der Waals surface area contributed by atoms with E-state index in [2.05, 4.69) is 15.3 Å². The summed E-state index contributed by atoms with van der Waals surface area (Å²) in [5, 5.41) is 4.44. The SMILES string of the molecule is Cc1nc(C)c(CNc2cccnc2)s1. The number of aromatic nitrogens is 2. The number of nitrogens with one attached hydrogen (secondary N) is 1. The van der Waals surface area contributed by atoms with Gasteiger partial charge in [-0.1, -0.05) is 0 Å². The topological polar surface area (TPSA) is 37.8 Å². The Morgan fingerprint density at radius 3 is 2.87 bits per heavy atom. The lowest BCUT2D eigenvalue weighted by Gasteiger charge is -2.03. The van der Waals surface area contributed by atoms with Crippen LogP contribution in [0.4, 0.5) is 5.69 Å². The molecule has 3 nitrogen and oxygen atoms in total. The van der Waals surface area contributed by atoms with Crippen molar-refractivity contribution in [2.24, 2.45) is 0 Å². The minimum Gasteiger partial charge on any atom is -0.379 e. The van der Waals surface area contributed by atoms with Crippen molar-refractivity contribution in [2.45, 2.75) is 20.4 Å². The number of nitrogens with zero attached hydrogens (tertiary/aromatic N) is 2. The fourth-order valence-electron chi connectivity index (χ4n) is 1.39. The maximum atomic E-state index is 4.39. The second kappa shape index (κ2) is 4.40. The van der Waals surface area contributed by atoms with Crippen molar-refractivity contribution >= 4 is 17.0 Å².